The van der Waals surface area contributed by atoms with Gasteiger partial charge in [-0.3, -0.25) is 0 Å². The van der Waals surface area contributed by atoms with Gasteiger partial charge in [0, 0.05) is 0 Å². The Morgan fingerprint density at radius 3 is 2.00 bits per heavy atom. The summed E-state index contributed by atoms with van der Waals surface area (Å²) in [5.74, 6) is -2.29. The molecule has 15 heteroatoms. The van der Waals surface area contributed by atoms with Crippen LogP contribution in [0.5, 0.6) is 0 Å². The van der Waals surface area contributed by atoms with Gasteiger partial charge in [0.1, 0.15) is 0 Å². The monoisotopic (exact) mass is 296 g/mol. The summed E-state index contributed by atoms with van der Waals surface area (Å²) in [6.45, 7) is 0. The molecule has 0 fully saturated rings. The molecule has 0 aliphatic rings. The molecular weight excluding hydrogens is 296 g/mol. The molecule has 0 radical (unpaired) electrons. The van der Waals surface area contributed by atoms with E-state index in [1.54, 1.807) is 0 Å². The van der Waals surface area contributed by atoms with E-state index in [2.05, 4.69) is 40.0 Å². The number of hydrogen-bond acceptors (Lipinski definition) is 13. The molecule has 0 unspecified atom stereocenters. The lowest BCUT2D eigenvalue weighted by molar-refractivity contribution is -0.390. The number of nitrogens with zero attached hydrogens (tertiary/aromatic N) is 8. The highest BCUT2D eigenvalue weighted by Crippen LogP contribution is 2.28. The number of rotatable bonds is 4. The normalized spacial score (nSPS) is 10.7. The van der Waals surface area contributed by atoms with Gasteiger partial charge in [-0.25, -0.2) is 0 Å². The van der Waals surface area contributed by atoms with Crippen molar-refractivity contribution in [3.63, 3.8) is 0 Å². The zero-order valence-electron chi connectivity index (χ0n) is 9.44. The molecule has 3 heterocycles. The van der Waals surface area contributed by atoms with Gasteiger partial charge >= 0.3 is 11.6 Å². The maximum Gasteiger partial charge on any atom is 0.447 e. The zero-order valence-corrected chi connectivity index (χ0v) is 9.44. The molecule has 15 nitrogen and oxygen atoms in total. The largest absolute Gasteiger partial charge is 0.447 e. The van der Waals surface area contributed by atoms with E-state index in [4.69, 9.17) is 4.52 Å². The lowest BCUT2D eigenvalue weighted by Gasteiger charge is -1.86. The Morgan fingerprint density at radius 2 is 1.38 bits per heavy atom. The zero-order chi connectivity index (χ0) is 15.0. The Balaban J connectivity index is 2.04. The summed E-state index contributed by atoms with van der Waals surface area (Å²) in [5, 5.41) is 37.3. The van der Waals surface area contributed by atoms with E-state index in [1.807, 2.05) is 0 Å². The fourth-order valence-corrected chi connectivity index (χ4v) is 1.30. The molecule has 21 heavy (non-hydrogen) atoms. The summed E-state index contributed by atoms with van der Waals surface area (Å²) < 4.78 is 13.1. The lowest BCUT2D eigenvalue weighted by atomic mass is 10.4. The van der Waals surface area contributed by atoms with Gasteiger partial charge in [-0.2, -0.15) is 4.98 Å². The van der Waals surface area contributed by atoms with E-state index in [-0.39, 0.29) is 5.82 Å². The minimum Gasteiger partial charge on any atom is -0.358 e. The minimum absolute atomic E-state index is 0.366. The third-order valence-corrected chi connectivity index (χ3v) is 2.13. The van der Waals surface area contributed by atoms with Gasteiger partial charge in [0.05, 0.1) is 0 Å². The standard InChI is InChI=1S/C6N8O7/c15-13(16)4-1(8-20-11-4)3-7-6(19-10-3)2-5(14(17)18)12-21-9-2. The van der Waals surface area contributed by atoms with E-state index in [9.17, 15) is 20.2 Å². The van der Waals surface area contributed by atoms with Crippen LogP contribution in [0.25, 0.3) is 23.1 Å². The van der Waals surface area contributed by atoms with Crippen LogP contribution >= 0.6 is 0 Å². The van der Waals surface area contributed by atoms with Crippen LogP contribution < -0.4 is 0 Å². The summed E-state index contributed by atoms with van der Waals surface area (Å²) in [5.41, 5.74) is -0.841. The van der Waals surface area contributed by atoms with Gasteiger partial charge in [0.25, 0.3) is 17.3 Å². The first kappa shape index (κ1) is 12.3. The second-order valence-electron chi connectivity index (χ2n) is 3.31. The van der Waals surface area contributed by atoms with Crippen molar-refractivity contribution in [1.29, 1.82) is 0 Å². The smallest absolute Gasteiger partial charge is 0.358 e. The first-order valence-corrected chi connectivity index (χ1v) is 4.86. The van der Waals surface area contributed by atoms with E-state index < -0.39 is 38.8 Å². The molecule has 0 atom stereocenters. The summed E-state index contributed by atoms with van der Waals surface area (Å²) >= 11 is 0. The molecule has 0 bridgehead atoms. The lowest BCUT2D eigenvalue weighted by Crippen LogP contribution is -1.93. The molecule has 0 N–H and O–H groups in total. The number of nitro groups is 2. The molecular formula is C6N8O7. The van der Waals surface area contributed by atoms with Crippen LogP contribution in [0, 0.1) is 20.2 Å². The van der Waals surface area contributed by atoms with Crippen LogP contribution in [0.1, 0.15) is 0 Å². The maximum atomic E-state index is 10.7. The Bertz CT molecular complexity index is 765. The molecule has 0 amide bonds. The van der Waals surface area contributed by atoms with Crippen molar-refractivity contribution in [2.24, 2.45) is 0 Å². The van der Waals surface area contributed by atoms with Crippen molar-refractivity contribution in [2.75, 3.05) is 0 Å². The number of hydrogen-bond donors (Lipinski definition) is 0. The molecule has 0 aromatic carbocycles. The van der Waals surface area contributed by atoms with Crippen LogP contribution in [0.4, 0.5) is 11.6 Å². The molecule has 106 valence electrons. The topological polar surface area (TPSA) is 203 Å². The van der Waals surface area contributed by atoms with Gasteiger partial charge in [-0.15, -0.1) is 9.26 Å². The van der Waals surface area contributed by atoms with Crippen molar-refractivity contribution in [2.45, 2.75) is 0 Å². The van der Waals surface area contributed by atoms with Crippen molar-refractivity contribution < 1.29 is 23.6 Å². The van der Waals surface area contributed by atoms with Gasteiger partial charge in [-0.05, 0) is 20.2 Å². The van der Waals surface area contributed by atoms with Crippen LogP contribution in [0.3, 0.4) is 0 Å². The predicted octanol–water partition coefficient (Wildman–Crippen LogP) is -0.0140. The quantitative estimate of drug-likeness (QED) is 0.459. The first-order valence-electron chi connectivity index (χ1n) is 4.86. The highest BCUT2D eigenvalue weighted by Gasteiger charge is 2.32. The molecule has 0 aliphatic heterocycles. The number of aromatic nitrogens is 6. The van der Waals surface area contributed by atoms with Gasteiger partial charge in [-0.1, -0.05) is 5.16 Å². The van der Waals surface area contributed by atoms with Gasteiger partial charge < -0.3 is 24.8 Å². The molecule has 3 aromatic rings. The Morgan fingerprint density at radius 1 is 0.810 bits per heavy atom. The average molecular weight is 296 g/mol. The Hall–Kier alpha value is -3.78. The van der Waals surface area contributed by atoms with Crippen LogP contribution in [0.15, 0.2) is 13.8 Å². The molecule has 0 saturated heterocycles. The maximum absolute atomic E-state index is 10.7. The first-order chi connectivity index (χ1) is 10.1. The van der Waals surface area contributed by atoms with E-state index >= 15 is 0 Å². The van der Waals surface area contributed by atoms with Crippen molar-refractivity contribution in [3.8, 4) is 23.1 Å². The third kappa shape index (κ3) is 1.93. The molecule has 0 spiro atoms. The highest BCUT2D eigenvalue weighted by molar-refractivity contribution is 5.62. The molecule has 0 aliphatic carbocycles. The highest BCUT2D eigenvalue weighted by atomic mass is 16.6. The molecule has 3 aromatic heterocycles. The second kappa shape index (κ2) is 4.40. The fourth-order valence-electron chi connectivity index (χ4n) is 1.30. The van der Waals surface area contributed by atoms with Crippen LogP contribution in [-0.4, -0.2) is 40.6 Å². The second-order valence-corrected chi connectivity index (χ2v) is 3.31. The molecule has 3 rings (SSSR count). The van der Waals surface area contributed by atoms with Crippen LogP contribution in [-0.2, 0) is 0 Å². The van der Waals surface area contributed by atoms with Gasteiger partial charge in [0.2, 0.25) is 5.82 Å². The minimum atomic E-state index is -0.879. The third-order valence-electron chi connectivity index (χ3n) is 2.13. The summed E-state index contributed by atoms with van der Waals surface area (Å²) in [7, 11) is 0. The fraction of sp³-hybridized carbons (Fsp3) is 0. The Labute approximate surface area is 110 Å². The summed E-state index contributed by atoms with van der Waals surface area (Å²) in [6, 6.07) is 0. The average Bonchev–Trinajstić information content (AvgIpc) is 3.17. The van der Waals surface area contributed by atoms with E-state index in [0.29, 0.717) is 0 Å². The SMILES string of the molecule is O=[N+]([O-])c1nonc1-c1noc(-c2nonc2[N+](=O)[O-])n1. The Kier molecular flexibility index (Phi) is 2.57. The van der Waals surface area contributed by atoms with E-state index in [0.717, 1.165) is 0 Å². The summed E-state index contributed by atoms with van der Waals surface area (Å²) in [6.07, 6.45) is 0. The summed E-state index contributed by atoms with van der Waals surface area (Å²) in [4.78, 5) is 23.2. The van der Waals surface area contributed by atoms with Crippen molar-refractivity contribution in [3.05, 3.63) is 20.2 Å². The predicted molar refractivity (Wildman–Crippen MR) is 54.2 cm³/mol. The van der Waals surface area contributed by atoms with Crippen LogP contribution in [0.2, 0.25) is 0 Å². The molecule has 0 saturated carbocycles. The van der Waals surface area contributed by atoms with Crippen molar-refractivity contribution >= 4 is 11.6 Å². The van der Waals surface area contributed by atoms with E-state index in [1.165, 1.54) is 0 Å². The van der Waals surface area contributed by atoms with Gasteiger partial charge in [0.15, 0.2) is 10.3 Å². The van der Waals surface area contributed by atoms with Crippen molar-refractivity contribution in [1.82, 2.24) is 30.8 Å².